The summed E-state index contributed by atoms with van der Waals surface area (Å²) in [5.41, 5.74) is 0.899. The first-order chi connectivity index (χ1) is 10.1. The van der Waals surface area contributed by atoms with Crippen molar-refractivity contribution in [1.82, 2.24) is 4.98 Å². The lowest BCUT2D eigenvalue weighted by molar-refractivity contribution is -0.118. The molecule has 0 N–H and O–H groups in total. The molecule has 4 nitrogen and oxygen atoms in total. The van der Waals surface area contributed by atoms with Gasteiger partial charge in [-0.1, -0.05) is 24.3 Å². The van der Waals surface area contributed by atoms with E-state index < -0.39 is 5.38 Å². The van der Waals surface area contributed by atoms with E-state index >= 15 is 0 Å². The molecular formula is C16H17ClN2O2. The molecule has 1 unspecified atom stereocenters. The highest BCUT2D eigenvalue weighted by molar-refractivity contribution is 6.32. The fourth-order valence-corrected chi connectivity index (χ4v) is 2.12. The third-order valence-electron chi connectivity index (χ3n) is 3.05. The molecule has 1 aromatic carbocycles. The van der Waals surface area contributed by atoms with Crippen molar-refractivity contribution in [2.75, 3.05) is 12.0 Å². The van der Waals surface area contributed by atoms with Crippen molar-refractivity contribution in [1.29, 1.82) is 0 Å². The van der Waals surface area contributed by atoms with Crippen molar-refractivity contribution in [2.24, 2.45) is 0 Å². The van der Waals surface area contributed by atoms with Gasteiger partial charge in [0.1, 0.15) is 16.9 Å². The molecule has 2 aromatic rings. The first-order valence-electron chi connectivity index (χ1n) is 6.62. The summed E-state index contributed by atoms with van der Waals surface area (Å²) in [6.07, 6.45) is 1.65. The maximum absolute atomic E-state index is 12.4. The number of alkyl halides is 1. The van der Waals surface area contributed by atoms with Gasteiger partial charge in [-0.3, -0.25) is 9.69 Å². The molecule has 21 heavy (non-hydrogen) atoms. The molecular weight excluding hydrogens is 288 g/mol. The number of halogens is 1. The van der Waals surface area contributed by atoms with Gasteiger partial charge in [-0.05, 0) is 25.1 Å². The summed E-state index contributed by atoms with van der Waals surface area (Å²) in [5.74, 6) is 1.11. The van der Waals surface area contributed by atoms with Crippen LogP contribution < -0.4 is 9.64 Å². The Bertz CT molecular complexity index is 602. The largest absolute Gasteiger partial charge is 0.496 e. The zero-order chi connectivity index (χ0) is 15.2. The highest BCUT2D eigenvalue weighted by Crippen LogP contribution is 2.23. The second-order valence-electron chi connectivity index (χ2n) is 4.54. The average molecular weight is 305 g/mol. The number of nitrogens with zero attached hydrogens (tertiary/aromatic N) is 2. The van der Waals surface area contributed by atoms with E-state index in [2.05, 4.69) is 4.98 Å². The van der Waals surface area contributed by atoms with Crippen LogP contribution in [0.15, 0.2) is 48.7 Å². The van der Waals surface area contributed by atoms with Crippen LogP contribution in [0.4, 0.5) is 5.82 Å². The number of para-hydroxylation sites is 1. The molecule has 0 saturated carbocycles. The van der Waals surface area contributed by atoms with E-state index in [1.54, 1.807) is 37.3 Å². The van der Waals surface area contributed by atoms with Gasteiger partial charge < -0.3 is 4.74 Å². The summed E-state index contributed by atoms with van der Waals surface area (Å²) in [7, 11) is 1.61. The molecule has 1 atom stereocenters. The van der Waals surface area contributed by atoms with E-state index in [0.717, 1.165) is 11.3 Å². The number of methoxy groups -OCH3 is 1. The van der Waals surface area contributed by atoms with E-state index in [4.69, 9.17) is 16.3 Å². The van der Waals surface area contributed by atoms with Gasteiger partial charge in [0.05, 0.1) is 13.7 Å². The van der Waals surface area contributed by atoms with Crippen molar-refractivity contribution in [3.63, 3.8) is 0 Å². The fourth-order valence-electron chi connectivity index (χ4n) is 2.00. The molecule has 1 heterocycles. The van der Waals surface area contributed by atoms with Crippen molar-refractivity contribution in [3.05, 3.63) is 54.2 Å². The summed E-state index contributed by atoms with van der Waals surface area (Å²) in [6, 6.07) is 13.0. The molecule has 110 valence electrons. The second kappa shape index (κ2) is 7.09. The predicted molar refractivity (Wildman–Crippen MR) is 83.7 cm³/mol. The van der Waals surface area contributed by atoms with Crippen LogP contribution in [0.2, 0.25) is 0 Å². The van der Waals surface area contributed by atoms with Gasteiger partial charge in [0, 0.05) is 11.8 Å². The first kappa shape index (κ1) is 15.3. The number of pyridine rings is 1. The zero-order valence-corrected chi connectivity index (χ0v) is 12.7. The van der Waals surface area contributed by atoms with Crippen LogP contribution in [-0.2, 0) is 11.3 Å². The number of benzene rings is 1. The van der Waals surface area contributed by atoms with Crippen molar-refractivity contribution in [2.45, 2.75) is 18.8 Å². The maximum Gasteiger partial charge on any atom is 0.246 e. The van der Waals surface area contributed by atoms with Crippen LogP contribution in [0.1, 0.15) is 12.5 Å². The third-order valence-corrected chi connectivity index (χ3v) is 3.24. The smallest absolute Gasteiger partial charge is 0.246 e. The Morgan fingerprint density at radius 3 is 2.62 bits per heavy atom. The molecule has 1 amide bonds. The lowest BCUT2D eigenvalue weighted by atomic mass is 10.1. The minimum atomic E-state index is -0.623. The average Bonchev–Trinajstić information content (AvgIpc) is 2.53. The van der Waals surface area contributed by atoms with E-state index in [-0.39, 0.29) is 5.91 Å². The van der Waals surface area contributed by atoms with Crippen LogP contribution in [0.5, 0.6) is 5.75 Å². The summed E-state index contributed by atoms with van der Waals surface area (Å²) < 4.78 is 5.33. The second-order valence-corrected chi connectivity index (χ2v) is 5.19. The lowest BCUT2D eigenvalue weighted by Gasteiger charge is -2.23. The number of carbonyl (C=O) groups is 1. The van der Waals surface area contributed by atoms with Gasteiger partial charge in [0.25, 0.3) is 0 Å². The molecule has 1 aromatic heterocycles. The number of carbonyl (C=O) groups excluding carboxylic acids is 1. The maximum atomic E-state index is 12.4. The molecule has 0 aliphatic rings. The van der Waals surface area contributed by atoms with Gasteiger partial charge >= 0.3 is 0 Å². The molecule has 0 aliphatic carbocycles. The van der Waals surface area contributed by atoms with Crippen molar-refractivity contribution in [3.8, 4) is 5.75 Å². The molecule has 0 saturated heterocycles. The van der Waals surface area contributed by atoms with Crippen LogP contribution >= 0.6 is 11.6 Å². The molecule has 0 aliphatic heterocycles. The van der Waals surface area contributed by atoms with Gasteiger partial charge in [-0.2, -0.15) is 0 Å². The standard InChI is InChI=1S/C16H17ClN2O2/c1-12(17)16(20)19(15-9-5-6-10-18-15)11-13-7-3-4-8-14(13)21-2/h3-10,12H,11H2,1-2H3. The zero-order valence-electron chi connectivity index (χ0n) is 12.0. The van der Waals surface area contributed by atoms with Gasteiger partial charge in [0.2, 0.25) is 5.91 Å². The van der Waals surface area contributed by atoms with Crippen LogP contribution in [0.3, 0.4) is 0 Å². The quantitative estimate of drug-likeness (QED) is 0.796. The number of ether oxygens (including phenoxy) is 1. The summed E-state index contributed by atoms with van der Waals surface area (Å²) in [6.45, 7) is 2.01. The Morgan fingerprint density at radius 1 is 1.29 bits per heavy atom. The van der Waals surface area contributed by atoms with E-state index in [9.17, 15) is 4.79 Å². The van der Waals surface area contributed by atoms with Crippen molar-refractivity contribution < 1.29 is 9.53 Å². The van der Waals surface area contributed by atoms with Gasteiger partial charge in [0.15, 0.2) is 0 Å². The molecule has 0 fully saturated rings. The van der Waals surface area contributed by atoms with E-state index in [0.29, 0.717) is 12.4 Å². The van der Waals surface area contributed by atoms with Crippen molar-refractivity contribution >= 4 is 23.3 Å². The number of hydrogen-bond acceptors (Lipinski definition) is 3. The molecule has 0 radical (unpaired) electrons. The first-order valence-corrected chi connectivity index (χ1v) is 7.05. The minimum absolute atomic E-state index is 0.193. The van der Waals surface area contributed by atoms with E-state index in [1.165, 1.54) is 0 Å². The molecule has 5 heteroatoms. The normalized spacial score (nSPS) is 11.8. The Morgan fingerprint density at radius 2 is 2.00 bits per heavy atom. The summed E-state index contributed by atoms with van der Waals surface area (Å²) >= 11 is 5.96. The number of aromatic nitrogens is 1. The fraction of sp³-hybridized carbons (Fsp3) is 0.250. The highest BCUT2D eigenvalue weighted by atomic mass is 35.5. The van der Waals surface area contributed by atoms with Crippen LogP contribution in [0.25, 0.3) is 0 Å². The third kappa shape index (κ3) is 3.73. The lowest BCUT2D eigenvalue weighted by Crippen LogP contribution is -2.36. The topological polar surface area (TPSA) is 42.4 Å². The number of rotatable bonds is 5. The number of amides is 1. The van der Waals surface area contributed by atoms with Gasteiger partial charge in [-0.25, -0.2) is 4.98 Å². The Balaban J connectivity index is 2.35. The predicted octanol–water partition coefficient (Wildman–Crippen LogP) is 3.25. The Hall–Kier alpha value is -2.07. The number of anilines is 1. The summed E-state index contributed by atoms with van der Waals surface area (Å²) in [4.78, 5) is 18.2. The Labute approximate surface area is 129 Å². The molecule has 0 spiro atoms. The highest BCUT2D eigenvalue weighted by Gasteiger charge is 2.22. The van der Waals surface area contributed by atoms with Crippen LogP contribution in [0, 0.1) is 0 Å². The monoisotopic (exact) mass is 304 g/mol. The van der Waals surface area contributed by atoms with E-state index in [1.807, 2.05) is 30.3 Å². The van der Waals surface area contributed by atoms with Gasteiger partial charge in [-0.15, -0.1) is 11.6 Å². The SMILES string of the molecule is COc1ccccc1CN(C(=O)C(C)Cl)c1ccccn1. The minimum Gasteiger partial charge on any atom is -0.496 e. The molecule has 0 bridgehead atoms. The molecule has 2 rings (SSSR count). The Kier molecular flexibility index (Phi) is 5.17. The number of hydrogen-bond donors (Lipinski definition) is 0. The van der Waals surface area contributed by atoms with Crippen LogP contribution in [-0.4, -0.2) is 23.4 Å². The summed E-state index contributed by atoms with van der Waals surface area (Å²) in [5, 5.41) is -0.623.